The lowest BCUT2D eigenvalue weighted by atomic mass is 10.1. The summed E-state index contributed by atoms with van der Waals surface area (Å²) in [4.78, 5) is 25.5. The average molecular weight is 326 g/mol. The molecule has 2 N–H and O–H groups in total. The number of carbonyl (C=O) groups is 2. The zero-order valence-electron chi connectivity index (χ0n) is 12.9. The molecule has 5 nitrogen and oxygen atoms in total. The van der Waals surface area contributed by atoms with E-state index in [1.165, 1.54) is 0 Å². The maximum Gasteiger partial charge on any atom is 0.244 e. The number of rotatable bonds is 6. The standard InChI is InChI=1S/C16H23N3O2.ClH/c1-2-17-11-13-7-3-4-8-14(13)18-15(20)12-19-10-6-5-9-16(19)21;/h3-4,7-8,17H,2,5-6,9-12H2,1H3,(H,18,20);1H. The molecule has 1 aliphatic rings. The first-order chi connectivity index (χ1) is 10.2. The van der Waals surface area contributed by atoms with Crippen LogP contribution in [0, 0.1) is 0 Å². The minimum atomic E-state index is -0.130. The van der Waals surface area contributed by atoms with Gasteiger partial charge in [0.1, 0.15) is 0 Å². The fourth-order valence-corrected chi connectivity index (χ4v) is 2.45. The van der Waals surface area contributed by atoms with Crippen LogP contribution in [0.5, 0.6) is 0 Å². The number of halogens is 1. The van der Waals surface area contributed by atoms with Crippen LogP contribution >= 0.6 is 12.4 Å². The number of carbonyl (C=O) groups excluding carboxylic acids is 2. The van der Waals surface area contributed by atoms with Crippen LogP contribution in [-0.2, 0) is 16.1 Å². The molecule has 0 unspecified atom stereocenters. The molecule has 0 aliphatic carbocycles. The highest BCUT2D eigenvalue weighted by molar-refractivity contribution is 5.95. The molecule has 1 aromatic carbocycles. The molecule has 122 valence electrons. The van der Waals surface area contributed by atoms with Crippen molar-refractivity contribution in [3.63, 3.8) is 0 Å². The smallest absolute Gasteiger partial charge is 0.244 e. The molecule has 0 atom stereocenters. The highest BCUT2D eigenvalue weighted by Crippen LogP contribution is 2.15. The Kier molecular flexibility index (Phi) is 7.91. The van der Waals surface area contributed by atoms with Gasteiger partial charge in [0.05, 0.1) is 6.54 Å². The lowest BCUT2D eigenvalue weighted by Crippen LogP contribution is -2.40. The van der Waals surface area contributed by atoms with Crippen molar-refractivity contribution in [3.05, 3.63) is 29.8 Å². The Labute approximate surface area is 137 Å². The molecule has 6 heteroatoms. The van der Waals surface area contributed by atoms with Crippen molar-refractivity contribution in [1.29, 1.82) is 0 Å². The number of benzene rings is 1. The van der Waals surface area contributed by atoms with E-state index in [0.29, 0.717) is 13.0 Å². The van der Waals surface area contributed by atoms with Crippen molar-refractivity contribution in [2.75, 3.05) is 25.0 Å². The Bertz CT molecular complexity index is 508. The number of likely N-dealkylation sites (tertiary alicyclic amines) is 1. The Balaban J connectivity index is 0.00000242. The van der Waals surface area contributed by atoms with E-state index >= 15 is 0 Å². The van der Waals surface area contributed by atoms with E-state index in [0.717, 1.165) is 37.2 Å². The van der Waals surface area contributed by atoms with Gasteiger partial charge in [-0.15, -0.1) is 12.4 Å². The quantitative estimate of drug-likeness (QED) is 0.842. The SMILES string of the molecule is CCNCc1ccccc1NC(=O)CN1CCCCC1=O.Cl. The summed E-state index contributed by atoms with van der Waals surface area (Å²) in [6.07, 6.45) is 2.47. The number of amides is 2. The number of hydrogen-bond donors (Lipinski definition) is 2. The van der Waals surface area contributed by atoms with Crippen LogP contribution in [0.4, 0.5) is 5.69 Å². The van der Waals surface area contributed by atoms with Crippen molar-refractivity contribution in [2.45, 2.75) is 32.7 Å². The third-order valence-electron chi connectivity index (χ3n) is 3.61. The number of hydrogen-bond acceptors (Lipinski definition) is 3. The van der Waals surface area contributed by atoms with Gasteiger partial charge in [-0.2, -0.15) is 0 Å². The Morgan fingerprint density at radius 3 is 2.77 bits per heavy atom. The summed E-state index contributed by atoms with van der Waals surface area (Å²) in [5.41, 5.74) is 1.87. The first-order valence-corrected chi connectivity index (χ1v) is 7.57. The monoisotopic (exact) mass is 325 g/mol. The number of nitrogens with zero attached hydrogens (tertiary/aromatic N) is 1. The summed E-state index contributed by atoms with van der Waals surface area (Å²) in [7, 11) is 0. The lowest BCUT2D eigenvalue weighted by Gasteiger charge is -2.26. The van der Waals surface area contributed by atoms with Crippen molar-refractivity contribution in [1.82, 2.24) is 10.2 Å². The van der Waals surface area contributed by atoms with E-state index in [1.807, 2.05) is 31.2 Å². The maximum atomic E-state index is 12.1. The molecular weight excluding hydrogens is 302 g/mol. The molecular formula is C16H24ClN3O2. The molecule has 0 spiro atoms. The van der Waals surface area contributed by atoms with Gasteiger partial charge in [0.25, 0.3) is 0 Å². The van der Waals surface area contributed by atoms with Crippen LogP contribution in [0.3, 0.4) is 0 Å². The van der Waals surface area contributed by atoms with Gasteiger partial charge in [-0.05, 0) is 31.0 Å². The molecule has 2 rings (SSSR count). The topological polar surface area (TPSA) is 61.4 Å². The van der Waals surface area contributed by atoms with Crippen molar-refractivity contribution >= 4 is 29.9 Å². The normalized spacial score (nSPS) is 14.4. The zero-order chi connectivity index (χ0) is 15.1. The second-order valence-corrected chi connectivity index (χ2v) is 5.26. The van der Waals surface area contributed by atoms with Crippen molar-refractivity contribution in [2.24, 2.45) is 0 Å². The molecule has 22 heavy (non-hydrogen) atoms. The van der Waals surface area contributed by atoms with Crippen molar-refractivity contribution < 1.29 is 9.59 Å². The van der Waals surface area contributed by atoms with Crippen LogP contribution in [0.25, 0.3) is 0 Å². The second-order valence-electron chi connectivity index (χ2n) is 5.26. The first-order valence-electron chi connectivity index (χ1n) is 7.57. The number of piperidine rings is 1. The molecule has 0 aromatic heterocycles. The average Bonchev–Trinajstić information content (AvgIpc) is 2.49. The summed E-state index contributed by atoms with van der Waals surface area (Å²) in [5.74, 6) is -0.0495. The summed E-state index contributed by atoms with van der Waals surface area (Å²) >= 11 is 0. The van der Waals surface area contributed by atoms with Gasteiger partial charge in [-0.1, -0.05) is 25.1 Å². The first kappa shape index (κ1) is 18.5. The highest BCUT2D eigenvalue weighted by Gasteiger charge is 2.20. The minimum absolute atomic E-state index is 0. The molecule has 1 fully saturated rings. The predicted octanol–water partition coefficient (Wildman–Crippen LogP) is 2.17. The van der Waals surface area contributed by atoms with E-state index in [1.54, 1.807) is 4.90 Å². The molecule has 0 bridgehead atoms. The van der Waals surface area contributed by atoms with E-state index in [2.05, 4.69) is 10.6 Å². The van der Waals surface area contributed by atoms with Crippen molar-refractivity contribution in [3.8, 4) is 0 Å². The molecule has 1 saturated heterocycles. The van der Waals surface area contributed by atoms with Gasteiger partial charge in [0.15, 0.2) is 0 Å². The zero-order valence-corrected chi connectivity index (χ0v) is 13.7. The number of para-hydroxylation sites is 1. The van der Waals surface area contributed by atoms with Crippen LogP contribution in [0.2, 0.25) is 0 Å². The minimum Gasteiger partial charge on any atom is -0.333 e. The van der Waals surface area contributed by atoms with Gasteiger partial charge in [-0.25, -0.2) is 0 Å². The van der Waals surface area contributed by atoms with Gasteiger partial charge in [0.2, 0.25) is 11.8 Å². The van der Waals surface area contributed by atoms with E-state index in [4.69, 9.17) is 0 Å². The maximum absolute atomic E-state index is 12.1. The predicted molar refractivity (Wildman–Crippen MR) is 90.1 cm³/mol. The van der Waals surface area contributed by atoms with Crippen LogP contribution in [0.15, 0.2) is 24.3 Å². The Hall–Kier alpha value is -1.59. The summed E-state index contributed by atoms with van der Waals surface area (Å²) in [6.45, 7) is 4.48. The largest absolute Gasteiger partial charge is 0.333 e. The second kappa shape index (κ2) is 9.43. The summed E-state index contributed by atoms with van der Waals surface area (Å²) < 4.78 is 0. The molecule has 2 amide bonds. The molecule has 1 aliphatic heterocycles. The molecule has 0 saturated carbocycles. The van der Waals surface area contributed by atoms with Gasteiger partial charge in [-0.3, -0.25) is 9.59 Å². The molecule has 0 radical (unpaired) electrons. The van der Waals surface area contributed by atoms with Gasteiger partial charge in [0, 0.05) is 25.2 Å². The Morgan fingerprint density at radius 2 is 2.05 bits per heavy atom. The van der Waals surface area contributed by atoms with E-state index in [9.17, 15) is 9.59 Å². The number of nitrogens with one attached hydrogen (secondary N) is 2. The van der Waals surface area contributed by atoms with Crippen LogP contribution in [-0.4, -0.2) is 36.3 Å². The van der Waals surface area contributed by atoms with Crippen LogP contribution < -0.4 is 10.6 Å². The number of anilines is 1. The summed E-state index contributed by atoms with van der Waals surface area (Å²) in [6, 6.07) is 7.74. The highest BCUT2D eigenvalue weighted by atomic mass is 35.5. The summed E-state index contributed by atoms with van der Waals surface area (Å²) in [5, 5.41) is 6.17. The van der Waals surface area contributed by atoms with E-state index < -0.39 is 0 Å². The fourth-order valence-electron chi connectivity index (χ4n) is 2.45. The molecule has 1 aromatic rings. The van der Waals surface area contributed by atoms with Crippen LogP contribution in [0.1, 0.15) is 31.7 Å². The fraction of sp³-hybridized carbons (Fsp3) is 0.500. The molecule has 1 heterocycles. The third-order valence-corrected chi connectivity index (χ3v) is 3.61. The third kappa shape index (κ3) is 5.31. The van der Waals surface area contributed by atoms with E-state index in [-0.39, 0.29) is 30.8 Å². The lowest BCUT2D eigenvalue weighted by molar-refractivity contribution is -0.136. The van der Waals surface area contributed by atoms with Gasteiger partial charge >= 0.3 is 0 Å². The van der Waals surface area contributed by atoms with Gasteiger partial charge < -0.3 is 15.5 Å². The Morgan fingerprint density at radius 1 is 1.27 bits per heavy atom.